The van der Waals surface area contributed by atoms with Crippen molar-refractivity contribution in [3.05, 3.63) is 29.8 Å². The summed E-state index contributed by atoms with van der Waals surface area (Å²) in [6, 6.07) is 6.70. The maximum atomic E-state index is 12.0. The number of carbonyl (C=O) groups excluding carboxylic acids is 1. The van der Waals surface area contributed by atoms with Crippen LogP contribution in [0.5, 0.6) is 5.75 Å². The van der Waals surface area contributed by atoms with Crippen LogP contribution in [0.25, 0.3) is 0 Å². The predicted octanol–water partition coefficient (Wildman–Crippen LogP) is 3.09. The van der Waals surface area contributed by atoms with Gasteiger partial charge in [0.1, 0.15) is 5.75 Å². The van der Waals surface area contributed by atoms with Crippen LogP contribution in [0.1, 0.15) is 49.4 Å². The second-order valence-corrected chi connectivity index (χ2v) is 5.21. The molecule has 1 aromatic rings. The minimum absolute atomic E-state index is 0.0935. The van der Waals surface area contributed by atoms with Gasteiger partial charge in [-0.15, -0.1) is 0 Å². The number of hydrogen-bond donors (Lipinski definition) is 2. The summed E-state index contributed by atoms with van der Waals surface area (Å²) >= 11 is 0. The van der Waals surface area contributed by atoms with E-state index in [4.69, 9.17) is 0 Å². The van der Waals surface area contributed by atoms with Crippen molar-refractivity contribution >= 4 is 5.91 Å². The molecule has 1 amide bonds. The van der Waals surface area contributed by atoms with Gasteiger partial charge in [-0.25, -0.2) is 0 Å². The Morgan fingerprint density at radius 3 is 2.72 bits per heavy atom. The molecule has 1 fully saturated rings. The summed E-state index contributed by atoms with van der Waals surface area (Å²) in [5.74, 6) is 0.636. The first-order valence-electron chi connectivity index (χ1n) is 6.76. The third kappa shape index (κ3) is 3.25. The molecular formula is C15H21NO2. The lowest BCUT2D eigenvalue weighted by molar-refractivity contribution is 0.0919. The fourth-order valence-electron chi connectivity index (χ4n) is 2.69. The van der Waals surface area contributed by atoms with E-state index >= 15 is 0 Å². The lowest BCUT2D eigenvalue weighted by Gasteiger charge is -2.28. The molecule has 2 rings (SSSR count). The second-order valence-electron chi connectivity index (χ2n) is 5.21. The number of phenolic OH excluding ortho intramolecular Hbond substituents is 1. The zero-order valence-corrected chi connectivity index (χ0v) is 10.9. The number of carbonyl (C=O) groups is 1. The predicted molar refractivity (Wildman–Crippen MR) is 71.6 cm³/mol. The summed E-state index contributed by atoms with van der Waals surface area (Å²) in [5, 5.41) is 12.4. The third-order valence-electron chi connectivity index (χ3n) is 3.82. The number of nitrogens with one attached hydrogen (secondary N) is 1. The van der Waals surface area contributed by atoms with Gasteiger partial charge in [0.15, 0.2) is 0 Å². The lowest BCUT2D eigenvalue weighted by Crippen LogP contribution is -2.38. The normalized spacial score (nSPS) is 18.3. The van der Waals surface area contributed by atoms with Gasteiger partial charge in [0.2, 0.25) is 0 Å². The van der Waals surface area contributed by atoms with Crippen LogP contribution in [-0.4, -0.2) is 17.1 Å². The molecule has 3 nitrogen and oxygen atoms in total. The Morgan fingerprint density at radius 2 is 2.06 bits per heavy atom. The van der Waals surface area contributed by atoms with Crippen molar-refractivity contribution in [2.24, 2.45) is 5.92 Å². The van der Waals surface area contributed by atoms with Crippen molar-refractivity contribution in [2.45, 2.75) is 45.1 Å². The summed E-state index contributed by atoms with van der Waals surface area (Å²) in [4.78, 5) is 12.0. The smallest absolute Gasteiger partial charge is 0.251 e. The highest BCUT2D eigenvalue weighted by Gasteiger charge is 2.21. The molecule has 0 bridgehead atoms. The van der Waals surface area contributed by atoms with Gasteiger partial charge < -0.3 is 10.4 Å². The maximum Gasteiger partial charge on any atom is 0.251 e. The van der Waals surface area contributed by atoms with E-state index in [1.807, 2.05) is 0 Å². The van der Waals surface area contributed by atoms with Gasteiger partial charge in [0.25, 0.3) is 5.91 Å². The molecule has 2 N–H and O–H groups in total. The fraction of sp³-hybridized carbons (Fsp3) is 0.533. The van der Waals surface area contributed by atoms with Crippen LogP contribution in [0.3, 0.4) is 0 Å². The molecule has 0 aliphatic heterocycles. The van der Waals surface area contributed by atoms with Gasteiger partial charge in [-0.2, -0.15) is 0 Å². The van der Waals surface area contributed by atoms with Gasteiger partial charge in [-0.1, -0.05) is 25.3 Å². The van der Waals surface area contributed by atoms with Crippen LogP contribution in [0.4, 0.5) is 0 Å². The molecule has 3 heteroatoms. The highest BCUT2D eigenvalue weighted by molar-refractivity contribution is 5.94. The maximum absolute atomic E-state index is 12.0. The average molecular weight is 247 g/mol. The average Bonchev–Trinajstić information content (AvgIpc) is 2.39. The first-order chi connectivity index (χ1) is 8.66. The third-order valence-corrected chi connectivity index (χ3v) is 3.82. The largest absolute Gasteiger partial charge is 0.508 e. The Morgan fingerprint density at radius 1 is 1.33 bits per heavy atom. The van der Waals surface area contributed by atoms with Crippen LogP contribution in [0, 0.1) is 5.92 Å². The Balaban J connectivity index is 1.94. The molecule has 0 radical (unpaired) electrons. The highest BCUT2D eigenvalue weighted by atomic mass is 16.3. The summed E-state index contributed by atoms with van der Waals surface area (Å²) in [6.07, 6.45) is 6.29. The van der Waals surface area contributed by atoms with E-state index in [9.17, 15) is 9.90 Å². The van der Waals surface area contributed by atoms with E-state index in [1.54, 1.807) is 18.2 Å². The van der Waals surface area contributed by atoms with Crippen molar-refractivity contribution in [2.75, 3.05) is 0 Å². The number of amides is 1. The number of hydrogen-bond acceptors (Lipinski definition) is 2. The topological polar surface area (TPSA) is 49.3 Å². The fourth-order valence-corrected chi connectivity index (χ4v) is 2.69. The van der Waals surface area contributed by atoms with Crippen LogP contribution < -0.4 is 5.32 Å². The zero-order chi connectivity index (χ0) is 13.0. The van der Waals surface area contributed by atoms with Crippen molar-refractivity contribution in [1.29, 1.82) is 0 Å². The van der Waals surface area contributed by atoms with Crippen LogP contribution >= 0.6 is 0 Å². The highest BCUT2D eigenvalue weighted by Crippen LogP contribution is 2.26. The van der Waals surface area contributed by atoms with E-state index in [-0.39, 0.29) is 17.7 Å². The molecule has 1 aliphatic rings. The van der Waals surface area contributed by atoms with Gasteiger partial charge in [0.05, 0.1) is 0 Å². The SMILES string of the molecule is CC(NC(=O)c1cccc(O)c1)C1CCCCC1. The van der Waals surface area contributed by atoms with Crippen molar-refractivity contribution < 1.29 is 9.90 Å². The van der Waals surface area contributed by atoms with Gasteiger partial charge in [-0.05, 0) is 43.9 Å². The van der Waals surface area contributed by atoms with E-state index < -0.39 is 0 Å². The van der Waals surface area contributed by atoms with Crippen molar-refractivity contribution in [3.63, 3.8) is 0 Å². The molecular weight excluding hydrogens is 226 g/mol. The number of aromatic hydroxyl groups is 1. The summed E-state index contributed by atoms with van der Waals surface area (Å²) < 4.78 is 0. The minimum Gasteiger partial charge on any atom is -0.508 e. The van der Waals surface area contributed by atoms with E-state index in [0.717, 1.165) is 0 Å². The second kappa shape index (κ2) is 5.89. The Labute approximate surface area is 108 Å². The number of phenols is 1. The monoisotopic (exact) mass is 247 g/mol. The molecule has 0 spiro atoms. The van der Waals surface area contributed by atoms with Crippen LogP contribution in [0.2, 0.25) is 0 Å². The number of benzene rings is 1. The quantitative estimate of drug-likeness (QED) is 0.862. The van der Waals surface area contributed by atoms with Gasteiger partial charge >= 0.3 is 0 Å². The Kier molecular flexibility index (Phi) is 4.24. The first-order valence-corrected chi connectivity index (χ1v) is 6.76. The molecule has 1 unspecified atom stereocenters. The van der Waals surface area contributed by atoms with Gasteiger partial charge in [0, 0.05) is 11.6 Å². The van der Waals surface area contributed by atoms with Crippen molar-refractivity contribution in [1.82, 2.24) is 5.32 Å². The number of rotatable bonds is 3. The molecule has 18 heavy (non-hydrogen) atoms. The standard InChI is InChI=1S/C15H21NO2/c1-11(12-6-3-2-4-7-12)16-15(18)13-8-5-9-14(17)10-13/h5,8-12,17H,2-4,6-7H2,1H3,(H,16,18). The van der Waals surface area contributed by atoms with E-state index in [2.05, 4.69) is 12.2 Å². The Bertz CT molecular complexity index is 411. The first kappa shape index (κ1) is 12.9. The summed E-state index contributed by atoms with van der Waals surface area (Å²) in [6.45, 7) is 2.08. The molecule has 0 saturated heterocycles. The minimum atomic E-state index is -0.0935. The molecule has 1 saturated carbocycles. The Hall–Kier alpha value is -1.51. The molecule has 98 valence electrons. The summed E-state index contributed by atoms with van der Waals surface area (Å²) in [7, 11) is 0. The summed E-state index contributed by atoms with van der Waals surface area (Å²) in [5.41, 5.74) is 0.526. The lowest BCUT2D eigenvalue weighted by atomic mass is 9.84. The van der Waals surface area contributed by atoms with Crippen LogP contribution in [0.15, 0.2) is 24.3 Å². The molecule has 0 aromatic heterocycles. The van der Waals surface area contributed by atoms with Gasteiger partial charge in [-0.3, -0.25) is 4.79 Å². The van der Waals surface area contributed by atoms with Crippen molar-refractivity contribution in [3.8, 4) is 5.75 Å². The van der Waals surface area contributed by atoms with E-state index in [1.165, 1.54) is 38.2 Å². The van der Waals surface area contributed by atoms with Crippen LogP contribution in [-0.2, 0) is 0 Å². The van der Waals surface area contributed by atoms with E-state index in [0.29, 0.717) is 11.5 Å². The molecule has 0 heterocycles. The molecule has 1 atom stereocenters. The molecule has 1 aromatic carbocycles. The zero-order valence-electron chi connectivity index (χ0n) is 10.9. The molecule has 1 aliphatic carbocycles.